The third kappa shape index (κ3) is 3.89. The first kappa shape index (κ1) is 19.9. The Morgan fingerprint density at radius 2 is 1.76 bits per heavy atom. The van der Waals surface area contributed by atoms with Crippen molar-refractivity contribution in [1.82, 2.24) is 9.88 Å². The Bertz CT molecular complexity index is 740. The quantitative estimate of drug-likeness (QED) is 0.900. The second-order valence-electron chi connectivity index (χ2n) is 7.05. The van der Waals surface area contributed by atoms with Crippen LogP contribution in [0, 0.1) is 12.7 Å². The number of nitrogens with two attached hydrogens (primary N) is 1. The van der Waals surface area contributed by atoms with E-state index in [0.717, 1.165) is 48.5 Å². The van der Waals surface area contributed by atoms with Gasteiger partial charge in [0.1, 0.15) is 11.6 Å². The SMILES string of the molecule is Cc1c(F)ccc2cc([C@H](C)N)c(N3CCN(C(C)C)CC3)nc12.Cl. The highest BCUT2D eigenvalue weighted by Crippen LogP contribution is 2.30. The van der Waals surface area contributed by atoms with Gasteiger partial charge >= 0.3 is 0 Å². The lowest BCUT2D eigenvalue weighted by molar-refractivity contribution is 0.209. The lowest BCUT2D eigenvalue weighted by Gasteiger charge is -2.38. The molecule has 1 aromatic heterocycles. The van der Waals surface area contributed by atoms with Gasteiger partial charge in [-0.25, -0.2) is 9.37 Å². The minimum Gasteiger partial charge on any atom is -0.354 e. The molecule has 138 valence electrons. The summed E-state index contributed by atoms with van der Waals surface area (Å²) in [7, 11) is 0. The van der Waals surface area contributed by atoms with Gasteiger partial charge in [0.2, 0.25) is 0 Å². The predicted molar refractivity (Wildman–Crippen MR) is 105 cm³/mol. The topological polar surface area (TPSA) is 45.4 Å². The van der Waals surface area contributed by atoms with E-state index in [9.17, 15) is 4.39 Å². The molecule has 1 saturated heterocycles. The third-order valence-corrected chi connectivity index (χ3v) is 5.02. The van der Waals surface area contributed by atoms with Crippen LogP contribution in [0.15, 0.2) is 18.2 Å². The average molecular weight is 367 g/mol. The summed E-state index contributed by atoms with van der Waals surface area (Å²) < 4.78 is 13.9. The van der Waals surface area contributed by atoms with E-state index in [1.807, 2.05) is 6.92 Å². The van der Waals surface area contributed by atoms with E-state index in [0.29, 0.717) is 11.6 Å². The smallest absolute Gasteiger partial charge is 0.134 e. The van der Waals surface area contributed by atoms with Crippen molar-refractivity contribution in [2.75, 3.05) is 31.1 Å². The number of aryl methyl sites for hydroxylation is 1. The van der Waals surface area contributed by atoms with Crippen LogP contribution in [0.1, 0.15) is 37.9 Å². The molecule has 25 heavy (non-hydrogen) atoms. The van der Waals surface area contributed by atoms with E-state index in [1.165, 1.54) is 6.07 Å². The molecule has 1 aliphatic rings. The molecule has 0 saturated carbocycles. The van der Waals surface area contributed by atoms with E-state index in [-0.39, 0.29) is 24.3 Å². The summed E-state index contributed by atoms with van der Waals surface area (Å²) in [6.45, 7) is 12.1. The molecule has 2 heterocycles. The monoisotopic (exact) mass is 366 g/mol. The van der Waals surface area contributed by atoms with Gasteiger partial charge in [0, 0.05) is 54.8 Å². The number of fused-ring (bicyclic) bond motifs is 1. The van der Waals surface area contributed by atoms with Gasteiger partial charge in [-0.3, -0.25) is 4.90 Å². The van der Waals surface area contributed by atoms with Crippen molar-refractivity contribution < 1.29 is 4.39 Å². The first-order chi connectivity index (χ1) is 11.4. The number of piperazine rings is 1. The lowest BCUT2D eigenvalue weighted by Crippen LogP contribution is -2.49. The zero-order chi connectivity index (χ0) is 17.4. The predicted octanol–water partition coefficient (Wildman–Crippen LogP) is 3.65. The minimum absolute atomic E-state index is 0. The van der Waals surface area contributed by atoms with Crippen molar-refractivity contribution in [3.63, 3.8) is 0 Å². The van der Waals surface area contributed by atoms with Crippen LogP contribution in [0.2, 0.25) is 0 Å². The van der Waals surface area contributed by atoms with Crippen LogP contribution in [-0.4, -0.2) is 42.1 Å². The fourth-order valence-corrected chi connectivity index (χ4v) is 3.40. The van der Waals surface area contributed by atoms with E-state index in [4.69, 9.17) is 10.7 Å². The molecule has 1 aromatic carbocycles. The van der Waals surface area contributed by atoms with Crippen LogP contribution < -0.4 is 10.6 Å². The molecule has 2 aromatic rings. The van der Waals surface area contributed by atoms with Crippen LogP contribution in [0.3, 0.4) is 0 Å². The van der Waals surface area contributed by atoms with Gasteiger partial charge in [-0.15, -0.1) is 12.4 Å². The standard InChI is InChI=1S/C19H27FN4.ClH/c1-12(2)23-7-9-24(10-8-23)19-16(14(4)21)11-15-5-6-17(20)13(3)18(15)22-19;/h5-6,11-12,14H,7-10,21H2,1-4H3;1H/t14-;/m0./s1. The first-order valence-corrected chi connectivity index (χ1v) is 8.73. The number of benzene rings is 1. The Kier molecular flexibility index (Phi) is 6.25. The molecule has 0 radical (unpaired) electrons. The van der Waals surface area contributed by atoms with Crippen LogP contribution in [0.5, 0.6) is 0 Å². The number of anilines is 1. The zero-order valence-electron chi connectivity index (χ0n) is 15.4. The molecular formula is C19H28ClFN4. The Morgan fingerprint density at radius 3 is 2.32 bits per heavy atom. The van der Waals surface area contributed by atoms with Crippen LogP contribution in [0.25, 0.3) is 10.9 Å². The summed E-state index contributed by atoms with van der Waals surface area (Å²) in [6, 6.07) is 5.82. The summed E-state index contributed by atoms with van der Waals surface area (Å²) >= 11 is 0. The number of aromatic nitrogens is 1. The highest BCUT2D eigenvalue weighted by atomic mass is 35.5. The van der Waals surface area contributed by atoms with Gasteiger partial charge < -0.3 is 10.6 Å². The van der Waals surface area contributed by atoms with E-state index >= 15 is 0 Å². The molecule has 0 spiro atoms. The molecule has 0 aliphatic carbocycles. The van der Waals surface area contributed by atoms with E-state index < -0.39 is 0 Å². The van der Waals surface area contributed by atoms with Crippen LogP contribution >= 0.6 is 12.4 Å². The van der Waals surface area contributed by atoms with E-state index in [1.54, 1.807) is 13.0 Å². The van der Waals surface area contributed by atoms with Gasteiger partial charge in [-0.1, -0.05) is 0 Å². The fourth-order valence-electron chi connectivity index (χ4n) is 3.40. The second-order valence-corrected chi connectivity index (χ2v) is 7.05. The van der Waals surface area contributed by atoms with Crippen molar-refractivity contribution in [2.24, 2.45) is 5.73 Å². The maximum atomic E-state index is 13.9. The maximum absolute atomic E-state index is 13.9. The Morgan fingerprint density at radius 1 is 1.12 bits per heavy atom. The largest absolute Gasteiger partial charge is 0.354 e. The molecule has 1 aliphatic heterocycles. The summed E-state index contributed by atoms with van der Waals surface area (Å²) in [5.41, 5.74) is 8.58. The number of nitrogens with zero attached hydrogens (tertiary/aromatic N) is 3. The van der Waals surface area contributed by atoms with Gasteiger partial charge in [0.05, 0.1) is 5.52 Å². The molecule has 3 rings (SSSR count). The summed E-state index contributed by atoms with van der Waals surface area (Å²) in [6.07, 6.45) is 0. The van der Waals surface area contributed by atoms with Crippen molar-refractivity contribution in [3.8, 4) is 0 Å². The number of hydrogen-bond donors (Lipinski definition) is 1. The highest BCUT2D eigenvalue weighted by molar-refractivity contribution is 5.85. The van der Waals surface area contributed by atoms with Crippen LogP contribution in [0.4, 0.5) is 10.2 Å². The maximum Gasteiger partial charge on any atom is 0.134 e. The zero-order valence-corrected chi connectivity index (χ0v) is 16.2. The van der Waals surface area contributed by atoms with Gasteiger partial charge in [-0.05, 0) is 45.9 Å². The summed E-state index contributed by atoms with van der Waals surface area (Å²) in [5, 5.41) is 0.950. The molecule has 0 unspecified atom stereocenters. The van der Waals surface area contributed by atoms with Crippen molar-refractivity contribution in [3.05, 3.63) is 35.1 Å². The summed E-state index contributed by atoms with van der Waals surface area (Å²) in [5.74, 6) is 0.703. The molecule has 6 heteroatoms. The number of halogens is 2. The molecular weight excluding hydrogens is 339 g/mol. The Labute approximate surface area is 155 Å². The molecule has 0 amide bonds. The molecule has 0 bridgehead atoms. The van der Waals surface area contributed by atoms with Crippen molar-refractivity contribution >= 4 is 29.1 Å². The Hall–Kier alpha value is -1.43. The van der Waals surface area contributed by atoms with E-state index in [2.05, 4.69) is 29.7 Å². The molecule has 1 atom stereocenters. The van der Waals surface area contributed by atoms with Gasteiger partial charge in [0.15, 0.2) is 0 Å². The summed E-state index contributed by atoms with van der Waals surface area (Å²) in [4.78, 5) is 9.60. The highest BCUT2D eigenvalue weighted by Gasteiger charge is 2.23. The molecule has 2 N–H and O–H groups in total. The fraction of sp³-hybridized carbons (Fsp3) is 0.526. The number of pyridine rings is 1. The number of hydrogen-bond acceptors (Lipinski definition) is 4. The Balaban J connectivity index is 0.00000225. The lowest BCUT2D eigenvalue weighted by atomic mass is 10.0. The normalized spacial score (nSPS) is 17.0. The van der Waals surface area contributed by atoms with Crippen molar-refractivity contribution in [2.45, 2.75) is 39.8 Å². The third-order valence-electron chi connectivity index (χ3n) is 5.02. The van der Waals surface area contributed by atoms with Crippen LogP contribution in [-0.2, 0) is 0 Å². The molecule has 4 nitrogen and oxygen atoms in total. The molecule has 1 fully saturated rings. The average Bonchev–Trinajstić information content (AvgIpc) is 2.57. The number of rotatable bonds is 3. The van der Waals surface area contributed by atoms with Gasteiger partial charge in [-0.2, -0.15) is 0 Å². The minimum atomic E-state index is -0.209. The second kappa shape index (κ2) is 7.85. The van der Waals surface area contributed by atoms with Gasteiger partial charge in [0.25, 0.3) is 0 Å². The van der Waals surface area contributed by atoms with Crippen molar-refractivity contribution in [1.29, 1.82) is 0 Å². The first-order valence-electron chi connectivity index (χ1n) is 8.73.